The minimum absolute atomic E-state index is 0.162. The SMILES string of the molecule is Cc1cc(C(=O)O)cc(S(=O)(=O)NCC(C)(O)CO)c1Br. The summed E-state index contributed by atoms with van der Waals surface area (Å²) in [4.78, 5) is 10.8. The van der Waals surface area contributed by atoms with E-state index in [0.29, 0.717) is 5.56 Å². The second-order valence-corrected chi connectivity index (χ2v) is 7.42. The summed E-state index contributed by atoms with van der Waals surface area (Å²) in [6, 6.07) is 2.37. The maximum absolute atomic E-state index is 12.2. The molecule has 4 N–H and O–H groups in total. The van der Waals surface area contributed by atoms with Crippen molar-refractivity contribution in [3.63, 3.8) is 0 Å². The number of aromatic carboxylic acids is 1. The maximum atomic E-state index is 12.2. The lowest BCUT2D eigenvalue weighted by Gasteiger charge is -2.21. The second-order valence-electron chi connectivity index (χ2n) is 4.89. The zero-order valence-electron chi connectivity index (χ0n) is 11.4. The van der Waals surface area contributed by atoms with Gasteiger partial charge in [-0.2, -0.15) is 0 Å². The monoisotopic (exact) mass is 381 g/mol. The third kappa shape index (κ3) is 4.48. The number of carbonyl (C=O) groups is 1. The quantitative estimate of drug-likeness (QED) is 0.567. The summed E-state index contributed by atoms with van der Waals surface area (Å²) < 4.78 is 26.8. The van der Waals surface area contributed by atoms with E-state index >= 15 is 0 Å². The number of aliphatic hydroxyl groups is 2. The van der Waals surface area contributed by atoms with Crippen LogP contribution >= 0.6 is 15.9 Å². The molecule has 0 bridgehead atoms. The number of sulfonamides is 1. The first-order chi connectivity index (χ1) is 9.50. The molecule has 1 unspecified atom stereocenters. The Morgan fingerprint density at radius 1 is 1.43 bits per heavy atom. The molecule has 0 heterocycles. The Morgan fingerprint density at radius 3 is 2.48 bits per heavy atom. The van der Waals surface area contributed by atoms with Crippen molar-refractivity contribution >= 4 is 31.9 Å². The molecule has 0 aliphatic carbocycles. The van der Waals surface area contributed by atoms with Crippen LogP contribution in [0, 0.1) is 6.92 Å². The van der Waals surface area contributed by atoms with E-state index in [1.54, 1.807) is 6.92 Å². The highest BCUT2D eigenvalue weighted by molar-refractivity contribution is 9.10. The van der Waals surface area contributed by atoms with Crippen LogP contribution in [0.1, 0.15) is 22.8 Å². The van der Waals surface area contributed by atoms with Crippen LogP contribution in [0.25, 0.3) is 0 Å². The molecule has 7 nitrogen and oxygen atoms in total. The molecule has 0 saturated carbocycles. The predicted molar refractivity (Wildman–Crippen MR) is 78.7 cm³/mol. The van der Waals surface area contributed by atoms with Crippen molar-refractivity contribution in [3.8, 4) is 0 Å². The van der Waals surface area contributed by atoms with Gasteiger partial charge in [0, 0.05) is 11.0 Å². The summed E-state index contributed by atoms with van der Waals surface area (Å²) in [5.41, 5.74) is -1.33. The summed E-state index contributed by atoms with van der Waals surface area (Å²) in [5, 5.41) is 27.5. The highest BCUT2D eigenvalue weighted by Gasteiger charge is 2.26. The summed E-state index contributed by atoms with van der Waals surface area (Å²) in [6.07, 6.45) is 0. The minimum Gasteiger partial charge on any atom is -0.478 e. The van der Waals surface area contributed by atoms with Crippen molar-refractivity contribution in [1.82, 2.24) is 4.72 Å². The Labute approximate surface area is 130 Å². The molecule has 0 aromatic heterocycles. The van der Waals surface area contributed by atoms with Crippen molar-refractivity contribution in [2.75, 3.05) is 13.2 Å². The summed E-state index contributed by atoms with van der Waals surface area (Å²) >= 11 is 3.11. The van der Waals surface area contributed by atoms with Crippen molar-refractivity contribution < 1.29 is 28.5 Å². The number of hydrogen-bond acceptors (Lipinski definition) is 5. The van der Waals surface area contributed by atoms with Gasteiger partial charge in [0.1, 0.15) is 0 Å². The van der Waals surface area contributed by atoms with E-state index < -0.39 is 34.7 Å². The van der Waals surface area contributed by atoms with Gasteiger partial charge in [-0.15, -0.1) is 0 Å². The number of nitrogens with one attached hydrogen (secondary N) is 1. The summed E-state index contributed by atoms with van der Waals surface area (Å²) in [7, 11) is -4.04. The van der Waals surface area contributed by atoms with E-state index in [1.807, 2.05) is 0 Å². The van der Waals surface area contributed by atoms with Gasteiger partial charge in [-0.3, -0.25) is 0 Å². The Bertz CT molecular complexity index is 656. The van der Waals surface area contributed by atoms with E-state index in [9.17, 15) is 18.3 Å². The number of carboxylic acids is 1. The molecule has 0 aliphatic heterocycles. The zero-order chi connectivity index (χ0) is 16.4. The molecule has 0 radical (unpaired) electrons. The maximum Gasteiger partial charge on any atom is 0.335 e. The molecule has 0 amide bonds. The Hall–Kier alpha value is -1.00. The van der Waals surface area contributed by atoms with E-state index in [2.05, 4.69) is 20.7 Å². The van der Waals surface area contributed by atoms with Crippen LogP contribution in [0.4, 0.5) is 0 Å². The molecule has 0 spiro atoms. The van der Waals surface area contributed by atoms with Gasteiger partial charge in [-0.1, -0.05) is 0 Å². The number of hydrogen-bond donors (Lipinski definition) is 4. The van der Waals surface area contributed by atoms with Gasteiger partial charge < -0.3 is 15.3 Å². The van der Waals surface area contributed by atoms with E-state index in [4.69, 9.17) is 10.2 Å². The predicted octanol–water partition coefficient (Wildman–Crippen LogP) is 0.477. The first kappa shape index (κ1) is 18.1. The summed E-state index contributed by atoms with van der Waals surface area (Å²) in [5.74, 6) is -1.25. The number of halogens is 1. The van der Waals surface area contributed by atoms with Crippen LogP contribution in [-0.2, 0) is 10.0 Å². The second kappa shape index (κ2) is 6.41. The van der Waals surface area contributed by atoms with E-state index in [-0.39, 0.29) is 14.9 Å². The lowest BCUT2D eigenvalue weighted by molar-refractivity contribution is 0.00680. The number of carboxylic acid groups (broad SMARTS) is 1. The van der Waals surface area contributed by atoms with Crippen LogP contribution in [0.3, 0.4) is 0 Å². The molecule has 1 atom stereocenters. The van der Waals surface area contributed by atoms with Crippen LogP contribution in [-0.4, -0.2) is 48.5 Å². The van der Waals surface area contributed by atoms with Crippen molar-refractivity contribution in [1.29, 1.82) is 0 Å². The standard InChI is InChI=1S/C12H16BrNO6S/c1-7-3-8(11(16)17)4-9(10(7)13)21(19,20)14-5-12(2,18)6-15/h3-4,14-15,18H,5-6H2,1-2H3,(H,16,17). The van der Waals surface area contributed by atoms with Gasteiger partial charge in [-0.05, 0) is 47.5 Å². The third-order valence-electron chi connectivity index (χ3n) is 2.74. The lowest BCUT2D eigenvalue weighted by Crippen LogP contribution is -2.43. The topological polar surface area (TPSA) is 124 Å². The van der Waals surface area contributed by atoms with Crippen LogP contribution in [0.2, 0.25) is 0 Å². The van der Waals surface area contributed by atoms with Gasteiger partial charge in [0.2, 0.25) is 10.0 Å². The third-order valence-corrected chi connectivity index (χ3v) is 5.48. The number of rotatable bonds is 6. The summed E-state index contributed by atoms with van der Waals surface area (Å²) in [6.45, 7) is 1.81. The molecule has 0 aliphatic rings. The smallest absolute Gasteiger partial charge is 0.335 e. The first-order valence-electron chi connectivity index (χ1n) is 5.86. The molecule has 0 saturated heterocycles. The molecule has 118 valence electrons. The van der Waals surface area contributed by atoms with Gasteiger partial charge in [0.25, 0.3) is 0 Å². The lowest BCUT2D eigenvalue weighted by atomic mass is 10.1. The molecule has 21 heavy (non-hydrogen) atoms. The van der Waals surface area contributed by atoms with E-state index in [1.165, 1.54) is 13.0 Å². The fourth-order valence-electron chi connectivity index (χ4n) is 1.44. The molecule has 9 heteroatoms. The first-order valence-corrected chi connectivity index (χ1v) is 8.14. The van der Waals surface area contributed by atoms with Crippen molar-refractivity contribution in [3.05, 3.63) is 27.7 Å². The number of aryl methyl sites for hydroxylation is 1. The molecule has 0 fully saturated rings. The average Bonchev–Trinajstić information content (AvgIpc) is 2.39. The van der Waals surface area contributed by atoms with Crippen LogP contribution in [0.15, 0.2) is 21.5 Å². The van der Waals surface area contributed by atoms with Crippen molar-refractivity contribution in [2.24, 2.45) is 0 Å². The molecular weight excluding hydrogens is 366 g/mol. The minimum atomic E-state index is -4.04. The Balaban J connectivity index is 3.22. The molecule has 1 rings (SSSR count). The van der Waals surface area contributed by atoms with Crippen LogP contribution in [0.5, 0.6) is 0 Å². The van der Waals surface area contributed by atoms with Gasteiger partial charge in [0.15, 0.2) is 0 Å². The molecule has 1 aromatic rings. The fraction of sp³-hybridized carbons (Fsp3) is 0.417. The zero-order valence-corrected chi connectivity index (χ0v) is 13.8. The normalized spacial score (nSPS) is 14.7. The Morgan fingerprint density at radius 2 is 2.00 bits per heavy atom. The number of aliphatic hydroxyl groups excluding tert-OH is 1. The Kier molecular flexibility index (Phi) is 5.51. The van der Waals surface area contributed by atoms with Gasteiger partial charge >= 0.3 is 5.97 Å². The van der Waals surface area contributed by atoms with Gasteiger partial charge in [0.05, 0.1) is 22.7 Å². The van der Waals surface area contributed by atoms with Crippen LogP contribution < -0.4 is 4.72 Å². The number of benzene rings is 1. The van der Waals surface area contributed by atoms with Gasteiger partial charge in [-0.25, -0.2) is 17.9 Å². The average molecular weight is 382 g/mol. The highest BCUT2D eigenvalue weighted by atomic mass is 79.9. The molecular formula is C12H16BrNO6S. The fourth-order valence-corrected chi connectivity index (χ4v) is 3.64. The largest absolute Gasteiger partial charge is 0.478 e. The van der Waals surface area contributed by atoms with Crippen molar-refractivity contribution in [2.45, 2.75) is 24.3 Å². The van der Waals surface area contributed by atoms with E-state index in [0.717, 1.165) is 6.07 Å². The molecule has 1 aromatic carbocycles. The highest BCUT2D eigenvalue weighted by Crippen LogP contribution is 2.27.